The van der Waals surface area contributed by atoms with Gasteiger partial charge in [0, 0.05) is 11.7 Å². The third-order valence-electron chi connectivity index (χ3n) is 2.93. The van der Waals surface area contributed by atoms with Crippen LogP contribution in [-0.4, -0.2) is 6.04 Å². The number of nitrogens with zero attached hydrogens (tertiary/aromatic N) is 1. The molecule has 0 saturated carbocycles. The Bertz CT molecular complexity index is 649. The number of hydrogen-bond donors (Lipinski definition) is 1. The van der Waals surface area contributed by atoms with E-state index in [-0.39, 0.29) is 11.9 Å². The summed E-state index contributed by atoms with van der Waals surface area (Å²) in [5.41, 5.74) is 2.20. The van der Waals surface area contributed by atoms with Gasteiger partial charge < -0.3 is 5.32 Å². The van der Waals surface area contributed by atoms with Crippen molar-refractivity contribution in [3.8, 4) is 6.07 Å². The van der Waals surface area contributed by atoms with Gasteiger partial charge in [-0.1, -0.05) is 23.7 Å². The van der Waals surface area contributed by atoms with Gasteiger partial charge in [-0.05, 0) is 49.2 Å². The molecule has 0 aliphatic rings. The molecule has 1 unspecified atom stereocenters. The molecule has 4 heteroatoms. The van der Waals surface area contributed by atoms with Crippen LogP contribution in [0, 0.1) is 17.1 Å². The maximum atomic E-state index is 13.1. The van der Waals surface area contributed by atoms with Crippen LogP contribution in [0.2, 0.25) is 5.02 Å². The summed E-state index contributed by atoms with van der Waals surface area (Å²) in [6.45, 7) is 2.01. The summed E-state index contributed by atoms with van der Waals surface area (Å²) in [6, 6.07) is 13.9. The van der Waals surface area contributed by atoms with Gasteiger partial charge in [0.1, 0.15) is 11.9 Å². The van der Waals surface area contributed by atoms with Crippen molar-refractivity contribution in [2.75, 3.05) is 5.32 Å². The van der Waals surface area contributed by atoms with Crippen molar-refractivity contribution < 1.29 is 4.39 Å². The maximum absolute atomic E-state index is 13.1. The molecule has 0 amide bonds. The molecule has 0 aliphatic carbocycles. The van der Waals surface area contributed by atoms with Gasteiger partial charge in [0.25, 0.3) is 0 Å². The van der Waals surface area contributed by atoms with Crippen molar-refractivity contribution in [3.63, 3.8) is 0 Å². The van der Waals surface area contributed by atoms with Crippen molar-refractivity contribution in [2.45, 2.75) is 19.4 Å². The Labute approximate surface area is 122 Å². The SMILES string of the molecule is CC(Cc1cccc(F)c1)Nc1ccc(Cl)c(C#N)c1. The summed E-state index contributed by atoms with van der Waals surface area (Å²) in [5.74, 6) is -0.229. The molecule has 0 heterocycles. The number of anilines is 1. The van der Waals surface area contributed by atoms with Crippen LogP contribution in [-0.2, 0) is 6.42 Å². The van der Waals surface area contributed by atoms with Crippen molar-refractivity contribution in [2.24, 2.45) is 0 Å². The summed E-state index contributed by atoms with van der Waals surface area (Å²) >= 11 is 5.89. The molecule has 2 nitrogen and oxygen atoms in total. The highest BCUT2D eigenvalue weighted by molar-refractivity contribution is 6.31. The Hall–Kier alpha value is -2.05. The first kappa shape index (κ1) is 14.4. The number of rotatable bonds is 4. The van der Waals surface area contributed by atoms with Crippen LogP contribution < -0.4 is 5.32 Å². The van der Waals surface area contributed by atoms with Crippen molar-refractivity contribution in [1.29, 1.82) is 5.26 Å². The van der Waals surface area contributed by atoms with E-state index in [1.165, 1.54) is 12.1 Å². The molecule has 0 saturated heterocycles. The van der Waals surface area contributed by atoms with Gasteiger partial charge in [0.2, 0.25) is 0 Å². The lowest BCUT2D eigenvalue weighted by Crippen LogP contribution is -2.18. The average molecular weight is 289 g/mol. The summed E-state index contributed by atoms with van der Waals surface area (Å²) < 4.78 is 13.1. The van der Waals surface area contributed by atoms with Gasteiger partial charge in [-0.25, -0.2) is 4.39 Å². The minimum atomic E-state index is -0.229. The first-order valence-electron chi connectivity index (χ1n) is 6.29. The van der Waals surface area contributed by atoms with E-state index in [2.05, 4.69) is 5.32 Å². The smallest absolute Gasteiger partial charge is 0.123 e. The molecule has 2 aromatic carbocycles. The monoisotopic (exact) mass is 288 g/mol. The van der Waals surface area contributed by atoms with Crippen molar-refractivity contribution in [1.82, 2.24) is 0 Å². The molecule has 0 spiro atoms. The fourth-order valence-electron chi connectivity index (χ4n) is 2.05. The zero-order valence-electron chi connectivity index (χ0n) is 11.0. The van der Waals surface area contributed by atoms with E-state index in [1.54, 1.807) is 18.2 Å². The Morgan fingerprint density at radius 1 is 1.30 bits per heavy atom. The second-order valence-electron chi connectivity index (χ2n) is 4.69. The zero-order valence-corrected chi connectivity index (χ0v) is 11.8. The van der Waals surface area contributed by atoms with E-state index in [1.807, 2.05) is 25.1 Å². The predicted molar refractivity (Wildman–Crippen MR) is 79.4 cm³/mol. The molecular formula is C16H14ClFN2. The van der Waals surface area contributed by atoms with E-state index in [4.69, 9.17) is 16.9 Å². The summed E-state index contributed by atoms with van der Waals surface area (Å²) in [4.78, 5) is 0. The number of nitriles is 1. The molecule has 0 radical (unpaired) electrons. The summed E-state index contributed by atoms with van der Waals surface area (Å²) in [5, 5.41) is 12.7. The molecule has 1 atom stereocenters. The molecule has 0 aliphatic heterocycles. The Balaban J connectivity index is 2.05. The molecule has 2 rings (SSSR count). The van der Waals surface area contributed by atoms with Gasteiger partial charge in [0.15, 0.2) is 0 Å². The zero-order chi connectivity index (χ0) is 14.5. The quantitative estimate of drug-likeness (QED) is 0.905. The van der Waals surface area contributed by atoms with Crippen LogP contribution in [0.5, 0.6) is 0 Å². The molecule has 0 fully saturated rings. The van der Waals surface area contributed by atoms with Crippen LogP contribution in [0.1, 0.15) is 18.1 Å². The van der Waals surface area contributed by atoms with Gasteiger partial charge in [-0.15, -0.1) is 0 Å². The topological polar surface area (TPSA) is 35.8 Å². The van der Waals surface area contributed by atoms with Crippen LogP contribution in [0.25, 0.3) is 0 Å². The number of benzene rings is 2. The van der Waals surface area contributed by atoms with E-state index in [9.17, 15) is 4.39 Å². The van der Waals surface area contributed by atoms with Crippen LogP contribution in [0.3, 0.4) is 0 Å². The lowest BCUT2D eigenvalue weighted by Gasteiger charge is -2.16. The fourth-order valence-corrected chi connectivity index (χ4v) is 2.21. The third-order valence-corrected chi connectivity index (χ3v) is 3.26. The molecule has 0 bridgehead atoms. The number of nitrogens with one attached hydrogen (secondary N) is 1. The van der Waals surface area contributed by atoms with Crippen molar-refractivity contribution in [3.05, 3.63) is 64.4 Å². The number of hydrogen-bond acceptors (Lipinski definition) is 2. The molecule has 2 aromatic rings. The highest BCUT2D eigenvalue weighted by Crippen LogP contribution is 2.20. The van der Waals surface area contributed by atoms with Gasteiger partial charge in [-0.2, -0.15) is 5.26 Å². The Kier molecular flexibility index (Phi) is 4.60. The second-order valence-corrected chi connectivity index (χ2v) is 5.09. The van der Waals surface area contributed by atoms with Gasteiger partial charge in [-0.3, -0.25) is 0 Å². The normalized spacial score (nSPS) is 11.7. The summed E-state index contributed by atoms with van der Waals surface area (Å²) in [7, 11) is 0. The van der Waals surface area contributed by atoms with Crippen LogP contribution in [0.15, 0.2) is 42.5 Å². The third kappa shape index (κ3) is 3.72. The largest absolute Gasteiger partial charge is 0.382 e. The van der Waals surface area contributed by atoms with E-state index in [0.717, 1.165) is 11.3 Å². The Morgan fingerprint density at radius 2 is 2.10 bits per heavy atom. The molecule has 102 valence electrons. The van der Waals surface area contributed by atoms with Gasteiger partial charge in [0.05, 0.1) is 10.6 Å². The average Bonchev–Trinajstić information content (AvgIpc) is 2.41. The molecule has 1 N–H and O–H groups in total. The minimum Gasteiger partial charge on any atom is -0.382 e. The first-order chi connectivity index (χ1) is 9.58. The second kappa shape index (κ2) is 6.40. The fraction of sp³-hybridized carbons (Fsp3) is 0.188. The molecular weight excluding hydrogens is 275 g/mol. The van der Waals surface area contributed by atoms with Crippen LogP contribution in [0.4, 0.5) is 10.1 Å². The van der Waals surface area contributed by atoms with E-state index < -0.39 is 0 Å². The highest BCUT2D eigenvalue weighted by Gasteiger charge is 2.06. The lowest BCUT2D eigenvalue weighted by atomic mass is 10.1. The standard InChI is InChI=1S/C16H14ClFN2/c1-11(7-12-3-2-4-14(18)8-12)20-15-5-6-16(17)13(9-15)10-19/h2-6,8-9,11,20H,7H2,1H3. The van der Waals surface area contributed by atoms with Gasteiger partial charge >= 0.3 is 0 Å². The molecule has 20 heavy (non-hydrogen) atoms. The minimum absolute atomic E-state index is 0.115. The highest BCUT2D eigenvalue weighted by atomic mass is 35.5. The maximum Gasteiger partial charge on any atom is 0.123 e. The van der Waals surface area contributed by atoms with E-state index in [0.29, 0.717) is 17.0 Å². The first-order valence-corrected chi connectivity index (χ1v) is 6.67. The Morgan fingerprint density at radius 3 is 2.80 bits per heavy atom. The van der Waals surface area contributed by atoms with E-state index >= 15 is 0 Å². The molecule has 0 aromatic heterocycles. The number of halogens is 2. The lowest BCUT2D eigenvalue weighted by molar-refractivity contribution is 0.624. The van der Waals surface area contributed by atoms with Crippen molar-refractivity contribution >= 4 is 17.3 Å². The predicted octanol–water partition coefficient (Wildman–Crippen LogP) is 4.39. The van der Waals surface area contributed by atoms with Crippen LogP contribution >= 0.6 is 11.6 Å². The summed E-state index contributed by atoms with van der Waals surface area (Å²) in [6.07, 6.45) is 0.697.